The highest BCUT2D eigenvalue weighted by atomic mass is 32.2. The maximum Gasteiger partial charge on any atom is 0.410 e. The Morgan fingerprint density at radius 2 is 1.63 bits per heavy atom. The van der Waals surface area contributed by atoms with Crippen LogP contribution in [-0.4, -0.2) is 102 Å². The minimum atomic E-state index is -4.08. The van der Waals surface area contributed by atoms with E-state index in [-0.39, 0.29) is 60.7 Å². The molecule has 2 aromatic heterocycles. The van der Waals surface area contributed by atoms with Crippen molar-refractivity contribution in [2.45, 2.75) is 62.8 Å². The van der Waals surface area contributed by atoms with Crippen LogP contribution in [0.15, 0.2) is 88.6 Å². The van der Waals surface area contributed by atoms with E-state index in [2.05, 4.69) is 4.74 Å². The number of imidazole rings is 1. The molecule has 0 radical (unpaired) electrons. The fraction of sp³-hybridized carbons (Fsp3) is 0.405. The van der Waals surface area contributed by atoms with Gasteiger partial charge in [-0.2, -0.15) is 4.31 Å². The lowest BCUT2D eigenvalue weighted by Gasteiger charge is -2.41. The molecular weight excluding hydrogens is 675 g/mol. The Hall–Kier alpha value is -4.95. The number of benzene rings is 2. The van der Waals surface area contributed by atoms with Gasteiger partial charge < -0.3 is 28.3 Å². The molecule has 0 bridgehead atoms. The molecule has 0 aliphatic carbocycles. The molecule has 4 aromatic rings. The van der Waals surface area contributed by atoms with Gasteiger partial charge in [0.25, 0.3) is 15.9 Å². The van der Waals surface area contributed by atoms with Gasteiger partial charge >= 0.3 is 12.1 Å². The number of ether oxygens (including phenoxy) is 2. The van der Waals surface area contributed by atoms with Crippen LogP contribution in [0.2, 0.25) is 0 Å². The van der Waals surface area contributed by atoms with Gasteiger partial charge in [-0.1, -0.05) is 60.7 Å². The molecule has 0 N–H and O–H groups in total. The third-order valence-electron chi connectivity index (χ3n) is 9.07. The summed E-state index contributed by atoms with van der Waals surface area (Å²) < 4.78 is 46.3. The summed E-state index contributed by atoms with van der Waals surface area (Å²) in [7, 11) is -2.89. The quantitative estimate of drug-likeness (QED) is 0.223. The van der Waals surface area contributed by atoms with Gasteiger partial charge in [-0.05, 0) is 57.7 Å². The van der Waals surface area contributed by atoms with E-state index < -0.39 is 27.7 Å². The van der Waals surface area contributed by atoms with Gasteiger partial charge in [0.1, 0.15) is 5.60 Å². The van der Waals surface area contributed by atoms with Crippen LogP contribution in [-0.2, 0) is 25.9 Å². The smallest absolute Gasteiger partial charge is 0.410 e. The van der Waals surface area contributed by atoms with E-state index in [1.165, 1.54) is 23.5 Å². The molecule has 2 aromatic carbocycles. The van der Waals surface area contributed by atoms with Crippen LogP contribution in [0.4, 0.5) is 4.79 Å². The minimum absolute atomic E-state index is 0.103. The zero-order valence-corrected chi connectivity index (χ0v) is 30.0. The number of sulfonamides is 1. The molecule has 270 valence electrons. The first-order valence-electron chi connectivity index (χ1n) is 17.0. The van der Waals surface area contributed by atoms with Crippen LogP contribution in [0.5, 0.6) is 0 Å². The summed E-state index contributed by atoms with van der Waals surface area (Å²) in [5.74, 6) is -1.25. The van der Waals surface area contributed by atoms with E-state index in [1.807, 2.05) is 86.0 Å². The Morgan fingerprint density at radius 3 is 2.31 bits per heavy atom. The third-order valence-corrected chi connectivity index (χ3v) is 10.8. The number of piperazine rings is 1. The number of esters is 1. The van der Waals surface area contributed by atoms with Crippen molar-refractivity contribution in [3.63, 3.8) is 0 Å². The number of aromatic nitrogens is 2. The van der Waals surface area contributed by atoms with Gasteiger partial charge in [-0.15, -0.1) is 0 Å². The van der Waals surface area contributed by atoms with Gasteiger partial charge in [0, 0.05) is 44.3 Å². The lowest BCUT2D eigenvalue weighted by Crippen LogP contribution is -2.58. The Bertz CT molecular complexity index is 1970. The fourth-order valence-electron chi connectivity index (χ4n) is 6.65. The van der Waals surface area contributed by atoms with Crippen molar-refractivity contribution >= 4 is 28.0 Å². The second kappa shape index (κ2) is 14.7. The number of carbonyl (C=O) groups excluding carboxylic acids is 3. The van der Waals surface area contributed by atoms with E-state index >= 15 is 0 Å². The van der Waals surface area contributed by atoms with Crippen molar-refractivity contribution < 1.29 is 36.7 Å². The molecule has 1 unspecified atom stereocenters. The van der Waals surface area contributed by atoms with Crippen molar-refractivity contribution in [2.24, 2.45) is 0 Å². The first kappa shape index (κ1) is 35.9. The summed E-state index contributed by atoms with van der Waals surface area (Å²) in [5.41, 5.74) is 1.97. The van der Waals surface area contributed by atoms with Crippen LogP contribution in [0.3, 0.4) is 0 Å². The number of nitrogens with zero attached hydrogens (tertiary/aromatic N) is 5. The highest BCUT2D eigenvalue weighted by Gasteiger charge is 2.39. The average molecular weight is 718 g/mol. The number of carbonyl (C=O) groups is 3. The highest BCUT2D eigenvalue weighted by molar-refractivity contribution is 7.89. The Labute approximate surface area is 297 Å². The molecule has 13 nitrogen and oxygen atoms in total. The lowest BCUT2D eigenvalue weighted by molar-refractivity contribution is 0.00428. The first-order valence-corrected chi connectivity index (χ1v) is 18.4. The van der Waals surface area contributed by atoms with Gasteiger partial charge in [-0.3, -0.25) is 4.79 Å². The molecule has 2 atom stereocenters. The van der Waals surface area contributed by atoms with Crippen LogP contribution in [0.1, 0.15) is 66.3 Å². The van der Waals surface area contributed by atoms with Crippen molar-refractivity contribution in [3.8, 4) is 11.3 Å². The maximum atomic E-state index is 14.6. The number of methoxy groups -OCH3 is 1. The molecule has 2 fully saturated rings. The maximum absolute atomic E-state index is 14.6. The van der Waals surface area contributed by atoms with Crippen molar-refractivity contribution in [3.05, 3.63) is 96.1 Å². The average Bonchev–Trinajstić information content (AvgIpc) is 3.81. The summed E-state index contributed by atoms with van der Waals surface area (Å²) in [6.07, 6.45) is 2.91. The zero-order valence-electron chi connectivity index (χ0n) is 29.2. The summed E-state index contributed by atoms with van der Waals surface area (Å²) in [5, 5.41) is -0.344. The van der Waals surface area contributed by atoms with Gasteiger partial charge in [0.15, 0.2) is 5.69 Å². The van der Waals surface area contributed by atoms with Gasteiger partial charge in [0.2, 0.25) is 10.9 Å². The van der Waals surface area contributed by atoms with E-state index in [9.17, 15) is 22.8 Å². The van der Waals surface area contributed by atoms with E-state index in [4.69, 9.17) is 14.1 Å². The fourth-order valence-corrected chi connectivity index (χ4v) is 8.08. The van der Waals surface area contributed by atoms with Crippen molar-refractivity contribution in [2.75, 3.05) is 39.8 Å². The minimum Gasteiger partial charge on any atom is -0.463 e. The first-order chi connectivity index (χ1) is 24.4. The highest BCUT2D eigenvalue weighted by Crippen LogP contribution is 2.34. The molecule has 0 saturated carbocycles. The summed E-state index contributed by atoms with van der Waals surface area (Å²) in [4.78, 5) is 47.8. The number of piperidine rings is 1. The van der Waals surface area contributed by atoms with Gasteiger partial charge in [0.05, 0.1) is 25.2 Å². The van der Waals surface area contributed by atoms with E-state index in [0.717, 1.165) is 11.1 Å². The molecule has 2 aliphatic rings. The molecule has 2 aliphatic heterocycles. The van der Waals surface area contributed by atoms with Crippen LogP contribution >= 0.6 is 0 Å². The standard InChI is InChI=1S/C37H43N5O8S/c1-37(2,3)50-36(45)39-20-21-41(29(23-39)22-26-12-7-5-8-13-26)34(43)32-33(27-14-9-6-10-15-27)42(25-38-32)28-16-11-19-40(24-28)51(46,47)31-18-17-30(49-31)35(44)48-4/h5-10,12-15,17-18,25,28-29H,11,16,19-24H2,1-4H3/t28?,29-/m1/s1. The third kappa shape index (κ3) is 7.86. The van der Waals surface area contributed by atoms with Crippen LogP contribution in [0.25, 0.3) is 11.3 Å². The van der Waals surface area contributed by atoms with E-state index in [0.29, 0.717) is 31.5 Å². The summed E-state index contributed by atoms with van der Waals surface area (Å²) in [6, 6.07) is 21.1. The molecule has 2 saturated heterocycles. The molecule has 14 heteroatoms. The topological polar surface area (TPSA) is 144 Å². The SMILES string of the molecule is COC(=O)c1ccc(S(=O)(=O)N2CCCC(n3cnc(C(=O)N4CCN(C(=O)OC(C)(C)C)C[C@H]4Cc4ccccc4)c3-c3ccccc3)C2)o1. The largest absolute Gasteiger partial charge is 0.463 e. The second-order valence-corrected chi connectivity index (χ2v) is 15.6. The molecule has 4 heterocycles. The summed E-state index contributed by atoms with van der Waals surface area (Å²) in [6.45, 7) is 6.71. The Kier molecular flexibility index (Phi) is 10.4. The molecular formula is C37H43N5O8S. The number of amides is 2. The molecule has 51 heavy (non-hydrogen) atoms. The van der Waals surface area contributed by atoms with Crippen LogP contribution in [0, 0.1) is 0 Å². The van der Waals surface area contributed by atoms with Gasteiger partial charge in [-0.25, -0.2) is 23.0 Å². The molecule has 6 rings (SSSR count). The summed E-state index contributed by atoms with van der Waals surface area (Å²) >= 11 is 0. The van der Waals surface area contributed by atoms with Crippen LogP contribution < -0.4 is 0 Å². The lowest BCUT2D eigenvalue weighted by atomic mass is 10.0. The Morgan fingerprint density at radius 1 is 0.922 bits per heavy atom. The number of hydrogen-bond donors (Lipinski definition) is 0. The normalized spacial score (nSPS) is 18.7. The monoisotopic (exact) mass is 717 g/mol. The number of rotatable bonds is 8. The second-order valence-electron chi connectivity index (χ2n) is 13.8. The van der Waals surface area contributed by atoms with Crippen molar-refractivity contribution in [1.29, 1.82) is 0 Å². The van der Waals surface area contributed by atoms with E-state index in [1.54, 1.807) is 16.1 Å². The number of hydrogen-bond acceptors (Lipinski definition) is 9. The predicted octanol–water partition coefficient (Wildman–Crippen LogP) is 5.26. The molecule has 2 amide bonds. The Balaban J connectivity index is 1.31. The number of furan rings is 1. The molecule has 0 spiro atoms. The zero-order chi connectivity index (χ0) is 36.3. The van der Waals surface area contributed by atoms with Crippen molar-refractivity contribution in [1.82, 2.24) is 23.7 Å². The predicted molar refractivity (Wildman–Crippen MR) is 188 cm³/mol.